The standard InChI is InChI=1S/C17H21N3O/c21-17(13-11-19-14-6-2-1-5-12(13)14)20-10-4-8-16(20)15-7-3-9-18-15/h1-2,5-6,11,15-16,18-19H,3-4,7-10H2. The summed E-state index contributed by atoms with van der Waals surface area (Å²) in [7, 11) is 0. The maximum absolute atomic E-state index is 13.0. The van der Waals surface area contributed by atoms with Gasteiger partial charge < -0.3 is 15.2 Å². The molecule has 2 saturated heterocycles. The van der Waals surface area contributed by atoms with Gasteiger partial charge in [0.1, 0.15) is 0 Å². The molecule has 0 radical (unpaired) electrons. The molecule has 2 aliphatic rings. The van der Waals surface area contributed by atoms with Crippen LogP contribution in [-0.4, -0.2) is 41.0 Å². The van der Waals surface area contributed by atoms with E-state index in [2.05, 4.69) is 15.2 Å². The lowest BCUT2D eigenvalue weighted by molar-refractivity contribution is 0.0713. The number of aromatic nitrogens is 1. The Kier molecular flexibility index (Phi) is 3.19. The first-order valence-electron chi connectivity index (χ1n) is 7.95. The van der Waals surface area contributed by atoms with E-state index < -0.39 is 0 Å². The first-order chi connectivity index (χ1) is 10.3. The smallest absolute Gasteiger partial charge is 0.256 e. The number of nitrogens with zero attached hydrogens (tertiary/aromatic N) is 1. The lowest BCUT2D eigenvalue weighted by Gasteiger charge is -2.29. The zero-order valence-corrected chi connectivity index (χ0v) is 12.1. The molecule has 110 valence electrons. The summed E-state index contributed by atoms with van der Waals surface area (Å²) >= 11 is 0. The van der Waals surface area contributed by atoms with E-state index in [4.69, 9.17) is 0 Å². The molecule has 3 heterocycles. The van der Waals surface area contributed by atoms with Crippen LogP contribution in [0.15, 0.2) is 30.5 Å². The number of carbonyl (C=O) groups is 1. The van der Waals surface area contributed by atoms with Gasteiger partial charge in [0, 0.05) is 35.7 Å². The lowest BCUT2D eigenvalue weighted by atomic mass is 10.0. The normalized spacial score (nSPS) is 25.8. The largest absolute Gasteiger partial charge is 0.360 e. The molecule has 1 aromatic heterocycles. The first-order valence-corrected chi connectivity index (χ1v) is 7.95. The van der Waals surface area contributed by atoms with Crippen molar-refractivity contribution in [2.75, 3.05) is 13.1 Å². The van der Waals surface area contributed by atoms with Crippen LogP contribution in [0.4, 0.5) is 0 Å². The van der Waals surface area contributed by atoms with Crippen LogP contribution in [0.2, 0.25) is 0 Å². The number of carbonyl (C=O) groups excluding carboxylic acids is 1. The molecule has 2 fully saturated rings. The van der Waals surface area contributed by atoms with E-state index in [9.17, 15) is 4.79 Å². The number of H-pyrrole nitrogens is 1. The van der Waals surface area contributed by atoms with E-state index in [0.717, 1.165) is 42.4 Å². The van der Waals surface area contributed by atoms with E-state index >= 15 is 0 Å². The van der Waals surface area contributed by atoms with E-state index in [1.165, 1.54) is 12.8 Å². The molecule has 1 amide bonds. The second-order valence-electron chi connectivity index (χ2n) is 6.16. The molecule has 21 heavy (non-hydrogen) atoms. The summed E-state index contributed by atoms with van der Waals surface area (Å²) in [5.41, 5.74) is 1.85. The SMILES string of the molecule is O=C(c1c[nH]c2ccccc12)N1CCCC1C1CCCN1. The first kappa shape index (κ1) is 12.9. The van der Waals surface area contributed by atoms with Crippen molar-refractivity contribution in [3.63, 3.8) is 0 Å². The highest BCUT2D eigenvalue weighted by molar-refractivity contribution is 6.06. The van der Waals surface area contributed by atoms with Gasteiger partial charge in [-0.1, -0.05) is 18.2 Å². The number of fused-ring (bicyclic) bond motifs is 1. The Bertz CT molecular complexity index is 657. The zero-order chi connectivity index (χ0) is 14.2. The summed E-state index contributed by atoms with van der Waals surface area (Å²) in [5, 5.41) is 4.60. The number of benzene rings is 1. The molecule has 2 N–H and O–H groups in total. The van der Waals surface area contributed by atoms with Crippen LogP contribution in [0.3, 0.4) is 0 Å². The minimum Gasteiger partial charge on any atom is -0.360 e. The Morgan fingerprint density at radius 2 is 2.10 bits per heavy atom. The Hall–Kier alpha value is -1.81. The van der Waals surface area contributed by atoms with E-state index in [1.807, 2.05) is 30.5 Å². The highest BCUT2D eigenvalue weighted by Gasteiger charge is 2.36. The van der Waals surface area contributed by atoms with Gasteiger partial charge in [0.05, 0.1) is 5.56 Å². The number of nitrogens with one attached hydrogen (secondary N) is 2. The number of likely N-dealkylation sites (tertiary alicyclic amines) is 1. The molecule has 0 saturated carbocycles. The highest BCUT2D eigenvalue weighted by Crippen LogP contribution is 2.28. The van der Waals surface area contributed by atoms with Crippen molar-refractivity contribution in [1.82, 2.24) is 15.2 Å². The summed E-state index contributed by atoms with van der Waals surface area (Å²) in [4.78, 5) is 18.3. The molecule has 2 atom stereocenters. The van der Waals surface area contributed by atoms with Crippen molar-refractivity contribution in [2.45, 2.75) is 37.8 Å². The van der Waals surface area contributed by atoms with Crippen LogP contribution in [0.1, 0.15) is 36.0 Å². The Morgan fingerprint density at radius 1 is 1.19 bits per heavy atom. The molecular weight excluding hydrogens is 262 g/mol. The van der Waals surface area contributed by atoms with Crippen molar-refractivity contribution in [1.29, 1.82) is 0 Å². The van der Waals surface area contributed by atoms with E-state index in [0.29, 0.717) is 12.1 Å². The van der Waals surface area contributed by atoms with Gasteiger partial charge in [-0.2, -0.15) is 0 Å². The number of rotatable bonds is 2. The third-order valence-corrected chi connectivity index (χ3v) is 4.94. The Morgan fingerprint density at radius 3 is 2.95 bits per heavy atom. The van der Waals surface area contributed by atoms with Crippen LogP contribution >= 0.6 is 0 Å². The number of para-hydroxylation sites is 1. The maximum Gasteiger partial charge on any atom is 0.256 e. The summed E-state index contributed by atoms with van der Waals surface area (Å²) in [6, 6.07) is 8.89. The van der Waals surface area contributed by atoms with Crippen molar-refractivity contribution in [3.05, 3.63) is 36.0 Å². The Labute approximate surface area is 124 Å². The highest BCUT2D eigenvalue weighted by atomic mass is 16.2. The topological polar surface area (TPSA) is 48.1 Å². The van der Waals surface area contributed by atoms with Crippen LogP contribution in [0, 0.1) is 0 Å². The molecule has 0 aliphatic carbocycles. The average molecular weight is 283 g/mol. The minimum absolute atomic E-state index is 0.184. The number of hydrogen-bond donors (Lipinski definition) is 2. The maximum atomic E-state index is 13.0. The van der Waals surface area contributed by atoms with E-state index in [-0.39, 0.29) is 5.91 Å². The predicted molar refractivity (Wildman–Crippen MR) is 83.4 cm³/mol. The van der Waals surface area contributed by atoms with Crippen LogP contribution < -0.4 is 5.32 Å². The molecule has 0 spiro atoms. The fourth-order valence-corrected chi connectivity index (χ4v) is 3.91. The second kappa shape index (κ2) is 5.19. The Balaban J connectivity index is 1.64. The molecule has 1 aromatic carbocycles. The van der Waals surface area contributed by atoms with Crippen molar-refractivity contribution in [2.24, 2.45) is 0 Å². The fraction of sp³-hybridized carbons (Fsp3) is 0.471. The second-order valence-corrected chi connectivity index (χ2v) is 6.16. The van der Waals surface area contributed by atoms with Crippen LogP contribution in [-0.2, 0) is 0 Å². The molecule has 2 aromatic rings. The summed E-state index contributed by atoms with van der Waals surface area (Å²) < 4.78 is 0. The summed E-state index contributed by atoms with van der Waals surface area (Å²) in [6.45, 7) is 1.98. The number of hydrogen-bond acceptors (Lipinski definition) is 2. The third kappa shape index (κ3) is 2.14. The molecule has 2 aliphatic heterocycles. The average Bonchev–Trinajstić information content (AvgIpc) is 3.25. The van der Waals surface area contributed by atoms with E-state index in [1.54, 1.807) is 0 Å². The quantitative estimate of drug-likeness (QED) is 0.889. The molecule has 4 nitrogen and oxygen atoms in total. The molecule has 0 bridgehead atoms. The molecule has 4 rings (SSSR count). The van der Waals surface area contributed by atoms with Gasteiger partial charge in [-0.15, -0.1) is 0 Å². The summed E-state index contributed by atoms with van der Waals surface area (Å²) in [5.74, 6) is 0.184. The number of aromatic amines is 1. The van der Waals surface area contributed by atoms with Gasteiger partial charge in [-0.05, 0) is 38.3 Å². The molecule has 2 unspecified atom stereocenters. The fourth-order valence-electron chi connectivity index (χ4n) is 3.91. The van der Waals surface area contributed by atoms with Gasteiger partial charge in [0.2, 0.25) is 0 Å². The van der Waals surface area contributed by atoms with Crippen molar-refractivity contribution >= 4 is 16.8 Å². The number of amides is 1. The monoisotopic (exact) mass is 283 g/mol. The van der Waals surface area contributed by atoms with Gasteiger partial charge in [0.25, 0.3) is 5.91 Å². The predicted octanol–water partition coefficient (Wildman–Crippen LogP) is 2.52. The summed E-state index contributed by atoms with van der Waals surface area (Å²) in [6.07, 6.45) is 6.55. The van der Waals surface area contributed by atoms with Crippen LogP contribution in [0.5, 0.6) is 0 Å². The van der Waals surface area contributed by atoms with Gasteiger partial charge >= 0.3 is 0 Å². The zero-order valence-electron chi connectivity index (χ0n) is 12.1. The van der Waals surface area contributed by atoms with Gasteiger partial charge in [0.15, 0.2) is 0 Å². The third-order valence-electron chi connectivity index (χ3n) is 4.94. The van der Waals surface area contributed by atoms with Gasteiger partial charge in [-0.25, -0.2) is 0 Å². The van der Waals surface area contributed by atoms with Crippen molar-refractivity contribution in [3.8, 4) is 0 Å². The molecule has 4 heteroatoms. The minimum atomic E-state index is 0.184. The van der Waals surface area contributed by atoms with Gasteiger partial charge in [-0.3, -0.25) is 4.79 Å². The lowest BCUT2D eigenvalue weighted by Crippen LogP contribution is -2.46. The van der Waals surface area contributed by atoms with Crippen LogP contribution in [0.25, 0.3) is 10.9 Å². The molecular formula is C17H21N3O. The van der Waals surface area contributed by atoms with Crippen molar-refractivity contribution < 1.29 is 4.79 Å².